The summed E-state index contributed by atoms with van der Waals surface area (Å²) < 4.78 is 11.0. The van der Waals surface area contributed by atoms with Gasteiger partial charge in [-0.3, -0.25) is 10.1 Å². The lowest BCUT2D eigenvalue weighted by Crippen LogP contribution is -2.31. The molecule has 8 heteroatoms. The number of hydrogen-bond acceptors (Lipinski definition) is 7. The fraction of sp³-hybridized carbons (Fsp3) is 0.250. The van der Waals surface area contributed by atoms with Gasteiger partial charge in [0.2, 0.25) is 11.8 Å². The van der Waals surface area contributed by atoms with Crippen LogP contribution in [0.2, 0.25) is 0 Å². The van der Waals surface area contributed by atoms with Gasteiger partial charge >= 0.3 is 0 Å². The number of aryl methyl sites for hydroxylation is 1. The van der Waals surface area contributed by atoms with Gasteiger partial charge in [-0.1, -0.05) is 35.5 Å². The highest BCUT2D eigenvalue weighted by atomic mass is 16.5. The quantitative estimate of drug-likeness (QED) is 0.707. The van der Waals surface area contributed by atoms with Gasteiger partial charge in [-0.25, -0.2) is 0 Å². The summed E-state index contributed by atoms with van der Waals surface area (Å²) in [5, 5.41) is 17.6. The van der Waals surface area contributed by atoms with Crippen LogP contribution in [0.1, 0.15) is 11.7 Å². The maximum Gasteiger partial charge on any atom is 0.253 e. The highest BCUT2D eigenvalue weighted by Crippen LogP contribution is 2.33. The Morgan fingerprint density at radius 1 is 1.21 bits per heavy atom. The van der Waals surface area contributed by atoms with Crippen LogP contribution in [0.15, 0.2) is 39.3 Å². The van der Waals surface area contributed by atoms with Crippen molar-refractivity contribution in [2.24, 2.45) is 0 Å². The first-order chi connectivity index (χ1) is 11.7. The number of rotatable bonds is 6. The van der Waals surface area contributed by atoms with Gasteiger partial charge < -0.3 is 14.3 Å². The zero-order chi connectivity index (χ0) is 16.9. The smallest absolute Gasteiger partial charge is 0.253 e. The lowest BCUT2D eigenvalue weighted by molar-refractivity contribution is -0.119. The Bertz CT molecular complexity index is 825. The maximum atomic E-state index is 11.2. The SMILES string of the molecule is CNC(=O)CNCc1nnc(-c2c(-c3ccccc3)noc2C)o1. The van der Waals surface area contributed by atoms with Crippen molar-refractivity contribution in [1.29, 1.82) is 0 Å². The van der Waals surface area contributed by atoms with Crippen LogP contribution in [0.5, 0.6) is 0 Å². The van der Waals surface area contributed by atoms with E-state index in [0.717, 1.165) is 5.56 Å². The average Bonchev–Trinajstić information content (AvgIpc) is 3.21. The second kappa shape index (κ2) is 7.05. The van der Waals surface area contributed by atoms with Gasteiger partial charge in [0, 0.05) is 12.6 Å². The Morgan fingerprint density at radius 2 is 2.00 bits per heavy atom. The summed E-state index contributed by atoms with van der Waals surface area (Å²) >= 11 is 0. The van der Waals surface area contributed by atoms with Crippen LogP contribution in [0.25, 0.3) is 22.7 Å². The molecular formula is C16H17N5O3. The molecule has 2 heterocycles. The van der Waals surface area contributed by atoms with Crippen molar-refractivity contribution in [3.8, 4) is 22.7 Å². The van der Waals surface area contributed by atoms with Crippen LogP contribution in [-0.4, -0.2) is 34.9 Å². The molecule has 0 aliphatic rings. The molecule has 0 bridgehead atoms. The van der Waals surface area contributed by atoms with Crippen molar-refractivity contribution < 1.29 is 13.7 Å². The van der Waals surface area contributed by atoms with Gasteiger partial charge in [0.05, 0.1) is 13.1 Å². The van der Waals surface area contributed by atoms with Crippen molar-refractivity contribution in [2.45, 2.75) is 13.5 Å². The molecule has 1 aromatic carbocycles. The zero-order valence-corrected chi connectivity index (χ0v) is 13.4. The van der Waals surface area contributed by atoms with Crippen LogP contribution in [0.4, 0.5) is 0 Å². The van der Waals surface area contributed by atoms with E-state index in [1.54, 1.807) is 14.0 Å². The van der Waals surface area contributed by atoms with Crippen molar-refractivity contribution in [1.82, 2.24) is 26.0 Å². The van der Waals surface area contributed by atoms with Crippen LogP contribution >= 0.6 is 0 Å². The summed E-state index contributed by atoms with van der Waals surface area (Å²) in [5.41, 5.74) is 2.23. The molecular weight excluding hydrogens is 310 g/mol. The molecule has 0 radical (unpaired) electrons. The fourth-order valence-electron chi connectivity index (χ4n) is 2.21. The summed E-state index contributed by atoms with van der Waals surface area (Å²) in [6, 6.07) is 9.64. The van der Waals surface area contributed by atoms with Crippen molar-refractivity contribution in [2.75, 3.05) is 13.6 Å². The first-order valence-corrected chi connectivity index (χ1v) is 7.44. The molecule has 124 valence electrons. The summed E-state index contributed by atoms with van der Waals surface area (Å²) in [4.78, 5) is 11.2. The minimum absolute atomic E-state index is 0.115. The molecule has 24 heavy (non-hydrogen) atoms. The van der Waals surface area contributed by atoms with E-state index in [9.17, 15) is 4.79 Å². The second-order valence-electron chi connectivity index (χ2n) is 5.11. The normalized spacial score (nSPS) is 10.8. The molecule has 0 saturated carbocycles. The van der Waals surface area contributed by atoms with Crippen molar-refractivity contribution >= 4 is 5.91 Å². The Hall–Kier alpha value is -3.00. The van der Waals surface area contributed by atoms with E-state index in [2.05, 4.69) is 26.0 Å². The van der Waals surface area contributed by atoms with Gasteiger partial charge in [0.1, 0.15) is 17.0 Å². The number of aromatic nitrogens is 3. The maximum absolute atomic E-state index is 11.2. The Balaban J connectivity index is 1.81. The Kier molecular flexibility index (Phi) is 4.66. The number of amides is 1. The summed E-state index contributed by atoms with van der Waals surface area (Å²) in [7, 11) is 1.58. The monoisotopic (exact) mass is 327 g/mol. The highest BCUT2D eigenvalue weighted by molar-refractivity contribution is 5.78. The van der Waals surface area contributed by atoms with Gasteiger partial charge in [0.15, 0.2) is 0 Å². The number of likely N-dealkylation sites (N-methyl/N-ethyl adjacent to an activating group) is 1. The molecule has 0 spiro atoms. The number of carbonyl (C=O) groups is 1. The molecule has 0 atom stereocenters. The fourth-order valence-corrected chi connectivity index (χ4v) is 2.21. The molecule has 3 aromatic rings. The topological polar surface area (TPSA) is 106 Å². The number of nitrogens with zero attached hydrogens (tertiary/aromatic N) is 3. The molecule has 1 amide bonds. The van der Waals surface area contributed by atoms with E-state index in [-0.39, 0.29) is 12.5 Å². The molecule has 0 aliphatic carbocycles. The largest absolute Gasteiger partial charge is 0.419 e. The number of hydrogen-bond donors (Lipinski definition) is 2. The lowest BCUT2D eigenvalue weighted by Gasteiger charge is -2.00. The first kappa shape index (κ1) is 15.9. The van der Waals surface area contributed by atoms with E-state index < -0.39 is 0 Å². The molecule has 8 nitrogen and oxygen atoms in total. The van der Waals surface area contributed by atoms with Crippen molar-refractivity contribution in [3.63, 3.8) is 0 Å². The Morgan fingerprint density at radius 3 is 2.75 bits per heavy atom. The summed E-state index contributed by atoms with van der Waals surface area (Å²) in [5.74, 6) is 1.20. The predicted octanol–water partition coefficient (Wildman–Crippen LogP) is 1.54. The van der Waals surface area contributed by atoms with Crippen LogP contribution in [-0.2, 0) is 11.3 Å². The van der Waals surface area contributed by atoms with Gasteiger partial charge in [-0.2, -0.15) is 0 Å². The summed E-state index contributed by atoms with van der Waals surface area (Å²) in [6.45, 7) is 2.27. The van der Waals surface area contributed by atoms with Crippen LogP contribution in [0.3, 0.4) is 0 Å². The third kappa shape index (κ3) is 3.33. The third-order valence-corrected chi connectivity index (χ3v) is 3.43. The second-order valence-corrected chi connectivity index (χ2v) is 5.11. The minimum atomic E-state index is -0.115. The average molecular weight is 327 g/mol. The molecule has 2 N–H and O–H groups in total. The van der Waals surface area contributed by atoms with Crippen LogP contribution < -0.4 is 10.6 Å². The van der Waals surface area contributed by atoms with Crippen molar-refractivity contribution in [3.05, 3.63) is 42.0 Å². The highest BCUT2D eigenvalue weighted by Gasteiger charge is 2.21. The number of carbonyl (C=O) groups excluding carboxylic acids is 1. The van der Waals surface area contributed by atoms with E-state index in [1.165, 1.54) is 0 Å². The van der Waals surface area contributed by atoms with E-state index in [4.69, 9.17) is 8.94 Å². The molecule has 0 aliphatic heterocycles. The number of benzene rings is 1. The molecule has 3 rings (SSSR count). The Labute approximate surface area is 138 Å². The standard InChI is InChI=1S/C16H17N5O3/c1-10-14(15(21-24-10)11-6-4-3-5-7-11)16-20-19-13(23-16)9-18-8-12(22)17-2/h3-7,18H,8-9H2,1-2H3,(H,17,22). The predicted molar refractivity (Wildman–Crippen MR) is 85.7 cm³/mol. The molecule has 0 fully saturated rings. The molecule has 2 aromatic heterocycles. The van der Waals surface area contributed by atoms with E-state index in [1.807, 2.05) is 30.3 Å². The number of nitrogens with one attached hydrogen (secondary N) is 2. The van der Waals surface area contributed by atoms with E-state index >= 15 is 0 Å². The third-order valence-electron chi connectivity index (χ3n) is 3.43. The molecule has 0 saturated heterocycles. The molecule has 0 unspecified atom stereocenters. The summed E-state index contributed by atoms with van der Waals surface area (Å²) in [6.07, 6.45) is 0. The van der Waals surface area contributed by atoms with Gasteiger partial charge in [-0.15, -0.1) is 10.2 Å². The van der Waals surface area contributed by atoms with E-state index in [0.29, 0.717) is 35.3 Å². The minimum Gasteiger partial charge on any atom is -0.419 e. The first-order valence-electron chi connectivity index (χ1n) is 7.44. The van der Waals surface area contributed by atoms with Gasteiger partial charge in [-0.05, 0) is 6.92 Å². The van der Waals surface area contributed by atoms with Crippen LogP contribution in [0, 0.1) is 6.92 Å². The lowest BCUT2D eigenvalue weighted by atomic mass is 10.1. The van der Waals surface area contributed by atoms with Gasteiger partial charge in [0.25, 0.3) is 5.89 Å². The zero-order valence-electron chi connectivity index (χ0n) is 13.4.